The summed E-state index contributed by atoms with van der Waals surface area (Å²) in [6.45, 7) is 0. The molecule has 0 bridgehead atoms. The summed E-state index contributed by atoms with van der Waals surface area (Å²) in [4.78, 5) is 4.01. The van der Waals surface area contributed by atoms with E-state index in [0.29, 0.717) is 0 Å². The first-order valence-corrected chi connectivity index (χ1v) is 3.92. The summed E-state index contributed by atoms with van der Waals surface area (Å²) in [6, 6.07) is 4.20. The van der Waals surface area contributed by atoms with E-state index >= 15 is 0 Å². The Morgan fingerprint density at radius 3 is 3.22 bits per heavy atom. The molecule has 0 saturated heterocycles. The molecule has 1 atom stereocenters. The average Bonchev–Trinajstić information content (AvgIpc) is 2.33. The summed E-state index contributed by atoms with van der Waals surface area (Å²) in [7, 11) is 0.859. The maximum absolute atomic E-state index is 4.01. The zero-order valence-electron chi connectivity index (χ0n) is 4.83. The van der Waals surface area contributed by atoms with Crippen LogP contribution in [0.15, 0.2) is 30.3 Å². The Balaban J connectivity index is 2.95. The number of fused-ring (bicyclic) bond motifs is 1. The van der Waals surface area contributed by atoms with Crippen molar-refractivity contribution in [3.05, 3.63) is 30.3 Å². The van der Waals surface area contributed by atoms with Crippen LogP contribution in [0.3, 0.4) is 0 Å². The molecule has 2 aromatic rings. The van der Waals surface area contributed by atoms with Crippen molar-refractivity contribution in [2.45, 2.75) is 0 Å². The summed E-state index contributed by atoms with van der Waals surface area (Å²) in [5.74, 6) is 2.19. The van der Waals surface area contributed by atoms with Gasteiger partial charge in [-0.15, -0.1) is 8.19 Å². The minimum absolute atomic E-state index is 0.859. The van der Waals surface area contributed by atoms with Crippen molar-refractivity contribution in [1.82, 2.24) is 4.98 Å². The molecule has 0 amide bonds. The molecular formula is C7H6NP. The van der Waals surface area contributed by atoms with Crippen LogP contribution in [-0.2, 0) is 0 Å². The second kappa shape index (κ2) is 1.85. The highest BCUT2D eigenvalue weighted by Crippen LogP contribution is 2.22. The van der Waals surface area contributed by atoms with Crippen LogP contribution in [0.5, 0.6) is 0 Å². The number of pyridine rings is 1. The summed E-state index contributed by atoms with van der Waals surface area (Å²) < 4.78 is 0. The van der Waals surface area contributed by atoms with Gasteiger partial charge in [0.2, 0.25) is 0 Å². The zero-order valence-corrected chi connectivity index (χ0v) is 5.83. The van der Waals surface area contributed by atoms with Crippen LogP contribution in [0.25, 0.3) is 10.5 Å². The highest BCUT2D eigenvalue weighted by atomic mass is 31.0. The predicted octanol–water partition coefficient (Wildman–Crippen LogP) is 2.27. The monoisotopic (exact) mass is 135 g/mol. The molecule has 0 fully saturated rings. The molecule has 0 aliphatic heterocycles. The van der Waals surface area contributed by atoms with Gasteiger partial charge in [-0.2, -0.15) is 0 Å². The molecule has 0 radical (unpaired) electrons. The van der Waals surface area contributed by atoms with Crippen molar-refractivity contribution >= 4 is 18.7 Å². The lowest BCUT2D eigenvalue weighted by molar-refractivity contribution is 1.37. The number of aromatic nitrogens is 1. The fraction of sp³-hybridized carbons (Fsp3) is 0. The van der Waals surface area contributed by atoms with Gasteiger partial charge in [-0.3, -0.25) is 4.98 Å². The van der Waals surface area contributed by atoms with E-state index in [1.807, 2.05) is 12.4 Å². The molecule has 2 heteroatoms. The molecule has 0 aliphatic carbocycles. The van der Waals surface area contributed by atoms with E-state index in [2.05, 4.69) is 22.9 Å². The summed E-state index contributed by atoms with van der Waals surface area (Å²) in [6.07, 6.45) is 3.75. The lowest BCUT2D eigenvalue weighted by atomic mass is 10.4. The largest absolute Gasteiger partial charge is 0.264 e. The van der Waals surface area contributed by atoms with Crippen molar-refractivity contribution in [1.29, 1.82) is 0 Å². The van der Waals surface area contributed by atoms with E-state index in [0.717, 1.165) is 8.19 Å². The van der Waals surface area contributed by atoms with Crippen molar-refractivity contribution in [3.63, 3.8) is 0 Å². The van der Waals surface area contributed by atoms with E-state index in [-0.39, 0.29) is 0 Å². The summed E-state index contributed by atoms with van der Waals surface area (Å²) >= 11 is 0. The normalized spacial score (nSPS) is 11.1. The first-order valence-electron chi connectivity index (χ1n) is 2.84. The molecule has 0 aromatic carbocycles. The Hall–Kier alpha value is -0.810. The van der Waals surface area contributed by atoms with Gasteiger partial charge in [-0.1, -0.05) is 0 Å². The van der Waals surface area contributed by atoms with Gasteiger partial charge in [0.25, 0.3) is 0 Å². The SMILES string of the molecule is c1cc2[pH]ccc2cn1. The van der Waals surface area contributed by atoms with Gasteiger partial charge >= 0.3 is 0 Å². The van der Waals surface area contributed by atoms with E-state index < -0.39 is 0 Å². The third kappa shape index (κ3) is 0.739. The van der Waals surface area contributed by atoms with Gasteiger partial charge in [0.05, 0.1) is 0 Å². The smallest absolute Gasteiger partial charge is 0.0349 e. The fourth-order valence-electron chi connectivity index (χ4n) is 0.892. The molecule has 2 heterocycles. The molecule has 0 saturated carbocycles. The van der Waals surface area contributed by atoms with Gasteiger partial charge in [0, 0.05) is 22.9 Å². The Labute approximate surface area is 54.8 Å². The van der Waals surface area contributed by atoms with E-state index in [9.17, 15) is 0 Å². The molecule has 9 heavy (non-hydrogen) atoms. The molecule has 2 aromatic heterocycles. The molecular weight excluding hydrogens is 129 g/mol. The highest BCUT2D eigenvalue weighted by Gasteiger charge is 1.87. The summed E-state index contributed by atoms with van der Waals surface area (Å²) in [5, 5.41) is 2.71. The fourth-order valence-corrected chi connectivity index (χ4v) is 1.82. The van der Waals surface area contributed by atoms with Gasteiger partial charge in [-0.05, 0) is 17.9 Å². The maximum Gasteiger partial charge on any atom is 0.0349 e. The number of hydrogen-bond donors (Lipinski definition) is 0. The van der Waals surface area contributed by atoms with Gasteiger partial charge in [0.15, 0.2) is 0 Å². The summed E-state index contributed by atoms with van der Waals surface area (Å²) in [5.41, 5.74) is 0. The molecule has 0 N–H and O–H groups in total. The van der Waals surface area contributed by atoms with E-state index in [4.69, 9.17) is 0 Å². The van der Waals surface area contributed by atoms with Crippen LogP contribution in [-0.4, -0.2) is 4.98 Å². The molecule has 44 valence electrons. The molecule has 1 nitrogen and oxygen atoms in total. The zero-order chi connectivity index (χ0) is 6.10. The topological polar surface area (TPSA) is 12.9 Å². The Morgan fingerprint density at radius 1 is 1.33 bits per heavy atom. The average molecular weight is 135 g/mol. The Bertz CT molecular complexity index is 283. The molecule has 0 spiro atoms. The molecule has 1 unspecified atom stereocenters. The first-order chi connectivity index (χ1) is 4.47. The van der Waals surface area contributed by atoms with Crippen molar-refractivity contribution < 1.29 is 0 Å². The van der Waals surface area contributed by atoms with E-state index in [1.54, 1.807) is 0 Å². The maximum atomic E-state index is 4.01. The second-order valence-electron chi connectivity index (χ2n) is 1.94. The number of nitrogens with zero attached hydrogens (tertiary/aromatic N) is 1. The van der Waals surface area contributed by atoms with Crippen LogP contribution in [0.4, 0.5) is 0 Å². The minimum atomic E-state index is 0.859. The van der Waals surface area contributed by atoms with Crippen LogP contribution in [0.2, 0.25) is 0 Å². The van der Waals surface area contributed by atoms with E-state index in [1.165, 1.54) is 10.5 Å². The van der Waals surface area contributed by atoms with Gasteiger partial charge in [-0.25, -0.2) is 0 Å². The Morgan fingerprint density at radius 2 is 2.33 bits per heavy atom. The lowest BCUT2D eigenvalue weighted by Crippen LogP contribution is -1.64. The quantitative estimate of drug-likeness (QED) is 0.540. The van der Waals surface area contributed by atoms with Crippen LogP contribution in [0.1, 0.15) is 0 Å². The van der Waals surface area contributed by atoms with Crippen LogP contribution >= 0.6 is 8.19 Å². The predicted molar refractivity (Wildman–Crippen MR) is 41.2 cm³/mol. The number of hydrogen-bond acceptors (Lipinski definition) is 1. The lowest BCUT2D eigenvalue weighted by Gasteiger charge is -1.82. The highest BCUT2D eigenvalue weighted by molar-refractivity contribution is 7.36. The molecule has 2 rings (SSSR count). The Kier molecular flexibility index (Phi) is 1.03. The third-order valence-electron chi connectivity index (χ3n) is 1.35. The van der Waals surface area contributed by atoms with Crippen LogP contribution < -0.4 is 0 Å². The second-order valence-corrected chi connectivity index (χ2v) is 3.10. The number of rotatable bonds is 0. The standard InChI is InChI=1S/C7H6NP/c1-3-8-5-6-2-4-9-7(1)6/h1-5,9H. The first kappa shape index (κ1) is 5.01. The van der Waals surface area contributed by atoms with Gasteiger partial charge in [0.1, 0.15) is 0 Å². The van der Waals surface area contributed by atoms with Gasteiger partial charge < -0.3 is 0 Å². The van der Waals surface area contributed by atoms with Crippen molar-refractivity contribution in [3.8, 4) is 0 Å². The third-order valence-corrected chi connectivity index (χ3v) is 2.45. The molecule has 0 aliphatic rings. The minimum Gasteiger partial charge on any atom is -0.264 e. The van der Waals surface area contributed by atoms with Crippen molar-refractivity contribution in [2.24, 2.45) is 0 Å². The van der Waals surface area contributed by atoms with Crippen LogP contribution in [0, 0.1) is 0 Å². The van der Waals surface area contributed by atoms with Crippen molar-refractivity contribution in [2.75, 3.05) is 0 Å².